The molecular weight excluding hydrogens is 260 g/mol. The molecule has 5 rings (SSSR count). The van der Waals surface area contributed by atoms with Crippen molar-refractivity contribution in [2.75, 3.05) is 0 Å². The molecule has 0 saturated carbocycles. The minimum atomic E-state index is 1.08. The summed E-state index contributed by atoms with van der Waals surface area (Å²) in [6.45, 7) is 0. The van der Waals surface area contributed by atoms with Gasteiger partial charge in [-0.05, 0) is 40.8 Å². The third-order valence-electron chi connectivity index (χ3n) is 4.30. The van der Waals surface area contributed by atoms with Gasteiger partial charge in [0.2, 0.25) is 0 Å². The fourth-order valence-electron chi connectivity index (χ4n) is 3.44. The lowest BCUT2D eigenvalue weighted by Crippen LogP contribution is -1.79. The maximum Gasteiger partial charge on any atom is 0.0361 e. The Balaban J connectivity index is 2.03. The number of fused-ring (bicyclic) bond motifs is 7. The average molecular weight is 272 g/mol. The molecule has 0 atom stereocenters. The Morgan fingerprint density at radius 1 is 0.700 bits per heavy atom. The van der Waals surface area contributed by atoms with E-state index >= 15 is 0 Å². The summed E-state index contributed by atoms with van der Waals surface area (Å²) in [4.78, 5) is 0. The minimum Gasteiger partial charge on any atom is -0.135 e. The van der Waals surface area contributed by atoms with Crippen LogP contribution < -0.4 is 0 Å². The van der Waals surface area contributed by atoms with Gasteiger partial charge >= 0.3 is 0 Å². The van der Waals surface area contributed by atoms with Crippen LogP contribution in [0.1, 0.15) is 11.1 Å². The summed E-state index contributed by atoms with van der Waals surface area (Å²) in [7, 11) is 0. The highest BCUT2D eigenvalue weighted by atomic mass is 32.1. The highest BCUT2D eigenvalue weighted by Gasteiger charge is 2.22. The van der Waals surface area contributed by atoms with Crippen LogP contribution in [-0.2, 0) is 6.42 Å². The van der Waals surface area contributed by atoms with E-state index in [0.717, 1.165) is 6.42 Å². The molecule has 1 heteroatoms. The van der Waals surface area contributed by atoms with Crippen molar-refractivity contribution >= 4 is 31.5 Å². The van der Waals surface area contributed by atoms with Gasteiger partial charge in [0.05, 0.1) is 0 Å². The maximum atomic E-state index is 2.31. The van der Waals surface area contributed by atoms with Gasteiger partial charge in [-0.1, -0.05) is 48.5 Å². The van der Waals surface area contributed by atoms with E-state index in [1.54, 1.807) is 0 Å². The van der Waals surface area contributed by atoms with Crippen LogP contribution in [0, 0.1) is 0 Å². The zero-order valence-corrected chi connectivity index (χ0v) is 11.7. The number of hydrogen-bond acceptors (Lipinski definition) is 1. The third-order valence-corrected chi connectivity index (χ3v) is 5.43. The van der Waals surface area contributed by atoms with E-state index in [1.165, 1.54) is 42.4 Å². The van der Waals surface area contributed by atoms with Gasteiger partial charge in [0.1, 0.15) is 0 Å². The van der Waals surface area contributed by atoms with Gasteiger partial charge in [-0.2, -0.15) is 0 Å². The first-order valence-corrected chi connectivity index (χ1v) is 7.75. The molecule has 0 N–H and O–H groups in total. The number of hydrogen-bond donors (Lipinski definition) is 0. The molecule has 0 bridgehead atoms. The van der Waals surface area contributed by atoms with Crippen molar-refractivity contribution in [2.24, 2.45) is 0 Å². The zero-order chi connectivity index (χ0) is 13.1. The van der Waals surface area contributed by atoms with Gasteiger partial charge in [-0.15, -0.1) is 11.3 Å². The molecule has 0 nitrogen and oxygen atoms in total. The molecule has 3 aromatic carbocycles. The third kappa shape index (κ3) is 1.26. The molecule has 0 spiro atoms. The Bertz CT molecular complexity index is 976. The van der Waals surface area contributed by atoms with Gasteiger partial charge in [0.15, 0.2) is 0 Å². The summed E-state index contributed by atoms with van der Waals surface area (Å²) in [5.74, 6) is 0. The lowest BCUT2D eigenvalue weighted by atomic mass is 9.99. The minimum absolute atomic E-state index is 1.08. The summed E-state index contributed by atoms with van der Waals surface area (Å²) >= 11 is 1.90. The van der Waals surface area contributed by atoms with Gasteiger partial charge in [-0.3, -0.25) is 0 Å². The Kier molecular flexibility index (Phi) is 1.97. The Hall–Kier alpha value is -2.12. The van der Waals surface area contributed by atoms with Crippen LogP contribution in [0.15, 0.2) is 60.7 Å². The van der Waals surface area contributed by atoms with Crippen LogP contribution >= 0.6 is 11.3 Å². The topological polar surface area (TPSA) is 0 Å². The molecule has 0 amide bonds. The van der Waals surface area contributed by atoms with Gasteiger partial charge in [-0.25, -0.2) is 0 Å². The summed E-state index contributed by atoms with van der Waals surface area (Å²) < 4.78 is 2.79. The Labute approximate surface area is 121 Å². The SMILES string of the molecule is c1ccc2c(c1)Cc1ccc3sc4ccccc4c3c1-2. The number of benzene rings is 3. The van der Waals surface area contributed by atoms with Crippen molar-refractivity contribution in [1.29, 1.82) is 0 Å². The normalized spacial score (nSPS) is 12.8. The monoisotopic (exact) mass is 272 g/mol. The van der Waals surface area contributed by atoms with Crippen LogP contribution in [0.5, 0.6) is 0 Å². The largest absolute Gasteiger partial charge is 0.135 e. The zero-order valence-electron chi connectivity index (χ0n) is 10.9. The average Bonchev–Trinajstić information content (AvgIpc) is 3.04. The van der Waals surface area contributed by atoms with Crippen molar-refractivity contribution in [1.82, 2.24) is 0 Å². The molecule has 0 fully saturated rings. The van der Waals surface area contributed by atoms with Gasteiger partial charge in [0.25, 0.3) is 0 Å². The first-order chi connectivity index (χ1) is 9.92. The molecule has 4 aromatic rings. The highest BCUT2D eigenvalue weighted by Crippen LogP contribution is 2.46. The van der Waals surface area contributed by atoms with Crippen LogP contribution in [0.3, 0.4) is 0 Å². The van der Waals surface area contributed by atoms with Crippen molar-refractivity contribution in [2.45, 2.75) is 6.42 Å². The van der Waals surface area contributed by atoms with E-state index in [4.69, 9.17) is 0 Å². The molecule has 1 aliphatic rings. The standard InChI is InChI=1S/C19H12S/c1-2-6-14-12(5-1)11-13-9-10-17-19(18(13)14)15-7-3-4-8-16(15)20-17/h1-10H,11H2. The summed E-state index contributed by atoms with van der Waals surface area (Å²) in [5, 5.41) is 2.86. The molecule has 0 unspecified atom stereocenters. The molecule has 0 radical (unpaired) electrons. The molecule has 94 valence electrons. The van der Waals surface area contributed by atoms with Crippen molar-refractivity contribution in [3.8, 4) is 11.1 Å². The molecule has 1 aromatic heterocycles. The van der Waals surface area contributed by atoms with E-state index in [0.29, 0.717) is 0 Å². The lowest BCUT2D eigenvalue weighted by Gasteiger charge is -2.04. The van der Waals surface area contributed by atoms with Gasteiger partial charge < -0.3 is 0 Å². The molecule has 1 aliphatic carbocycles. The van der Waals surface area contributed by atoms with Crippen molar-refractivity contribution in [3.05, 3.63) is 71.8 Å². The Morgan fingerprint density at radius 3 is 2.55 bits per heavy atom. The number of rotatable bonds is 0. The lowest BCUT2D eigenvalue weighted by molar-refractivity contribution is 1.27. The summed E-state index contributed by atoms with van der Waals surface area (Å²) in [6.07, 6.45) is 1.08. The summed E-state index contributed by atoms with van der Waals surface area (Å²) in [5.41, 5.74) is 5.83. The second kappa shape index (κ2) is 3.71. The molecule has 0 saturated heterocycles. The van der Waals surface area contributed by atoms with E-state index in [-0.39, 0.29) is 0 Å². The molecule has 20 heavy (non-hydrogen) atoms. The quantitative estimate of drug-likeness (QED) is 0.343. The predicted octanol–water partition coefficient (Wildman–Crippen LogP) is 5.63. The fourth-order valence-corrected chi connectivity index (χ4v) is 4.55. The highest BCUT2D eigenvalue weighted by molar-refractivity contribution is 7.25. The molecule has 1 heterocycles. The Morgan fingerprint density at radius 2 is 1.55 bits per heavy atom. The van der Waals surface area contributed by atoms with Crippen LogP contribution in [0.25, 0.3) is 31.3 Å². The van der Waals surface area contributed by atoms with Gasteiger partial charge in [0, 0.05) is 20.2 Å². The van der Waals surface area contributed by atoms with Crippen LogP contribution in [0.2, 0.25) is 0 Å². The number of thiophene rings is 1. The fraction of sp³-hybridized carbons (Fsp3) is 0.0526. The van der Waals surface area contributed by atoms with Crippen molar-refractivity contribution < 1.29 is 0 Å². The maximum absolute atomic E-state index is 2.31. The first-order valence-electron chi connectivity index (χ1n) is 6.93. The van der Waals surface area contributed by atoms with E-state index in [2.05, 4.69) is 60.7 Å². The van der Waals surface area contributed by atoms with Crippen molar-refractivity contribution in [3.63, 3.8) is 0 Å². The second-order valence-electron chi connectivity index (χ2n) is 5.40. The first kappa shape index (κ1) is 10.6. The smallest absolute Gasteiger partial charge is 0.0361 e. The predicted molar refractivity (Wildman–Crippen MR) is 87.6 cm³/mol. The second-order valence-corrected chi connectivity index (χ2v) is 6.49. The van der Waals surface area contributed by atoms with E-state index in [1.807, 2.05) is 11.3 Å². The molecule has 0 aliphatic heterocycles. The van der Waals surface area contributed by atoms with Crippen LogP contribution in [0.4, 0.5) is 0 Å². The molecular formula is C19H12S. The van der Waals surface area contributed by atoms with E-state index < -0.39 is 0 Å². The van der Waals surface area contributed by atoms with Crippen LogP contribution in [-0.4, -0.2) is 0 Å². The van der Waals surface area contributed by atoms with E-state index in [9.17, 15) is 0 Å². The summed E-state index contributed by atoms with van der Waals surface area (Å²) in [6, 6.07) is 22.2.